The van der Waals surface area contributed by atoms with Crippen LogP contribution in [0.4, 0.5) is 0 Å². The third-order valence-electron chi connectivity index (χ3n) is 1.10. The molecule has 0 saturated heterocycles. The SMILES string of the molecule is NS1(S(N)(=O)=O)C=CC=C1. The van der Waals surface area contributed by atoms with E-state index in [1.165, 1.54) is 10.8 Å². The second kappa shape index (κ2) is 2.09. The molecule has 0 bridgehead atoms. The van der Waals surface area contributed by atoms with Crippen LogP contribution in [0.1, 0.15) is 0 Å². The van der Waals surface area contributed by atoms with Crippen molar-refractivity contribution in [1.82, 2.24) is 0 Å². The summed E-state index contributed by atoms with van der Waals surface area (Å²) in [4.78, 5) is 0. The van der Waals surface area contributed by atoms with Crippen molar-refractivity contribution in [2.75, 3.05) is 0 Å². The van der Waals surface area contributed by atoms with Gasteiger partial charge in [-0.15, -0.1) is 0 Å². The van der Waals surface area contributed by atoms with Gasteiger partial charge in [0.2, 0.25) is 0 Å². The summed E-state index contributed by atoms with van der Waals surface area (Å²) in [6.07, 6.45) is 3.17. The topological polar surface area (TPSA) is 86.2 Å². The third kappa shape index (κ3) is 1.10. The molecule has 10 heavy (non-hydrogen) atoms. The van der Waals surface area contributed by atoms with Gasteiger partial charge in [-0.2, -0.15) is 0 Å². The minimum absolute atomic E-state index is 1.42. The van der Waals surface area contributed by atoms with Crippen molar-refractivity contribution < 1.29 is 8.42 Å². The van der Waals surface area contributed by atoms with Crippen molar-refractivity contribution in [3.63, 3.8) is 0 Å². The molecule has 4 nitrogen and oxygen atoms in total. The summed E-state index contributed by atoms with van der Waals surface area (Å²) in [6.45, 7) is 0. The van der Waals surface area contributed by atoms with Crippen LogP contribution in [-0.2, 0) is 9.06 Å². The van der Waals surface area contributed by atoms with Crippen LogP contribution in [0.15, 0.2) is 23.0 Å². The molecule has 0 aromatic heterocycles. The lowest BCUT2D eigenvalue weighted by atomic mass is 10.6. The molecule has 0 aromatic carbocycles. The number of hydrogen-bond acceptors (Lipinski definition) is 3. The van der Waals surface area contributed by atoms with Crippen LogP contribution in [0.5, 0.6) is 0 Å². The molecule has 1 rings (SSSR count). The van der Waals surface area contributed by atoms with Crippen LogP contribution < -0.4 is 10.3 Å². The maximum atomic E-state index is 10.7. The maximum Gasteiger partial charge on any atom is 0.263 e. The zero-order chi connectivity index (χ0) is 7.83. The zero-order valence-electron chi connectivity index (χ0n) is 5.10. The van der Waals surface area contributed by atoms with Gasteiger partial charge < -0.3 is 0 Å². The summed E-state index contributed by atoms with van der Waals surface area (Å²) in [5.41, 5.74) is 0. The Kier molecular flexibility index (Phi) is 1.63. The first kappa shape index (κ1) is 7.80. The maximum absolute atomic E-state index is 10.7. The molecule has 0 radical (unpaired) electrons. The Bertz CT molecular complexity index is 278. The van der Waals surface area contributed by atoms with Gasteiger partial charge in [-0.05, 0) is 20.1 Å². The molecule has 0 aromatic rings. The van der Waals surface area contributed by atoms with E-state index in [4.69, 9.17) is 10.3 Å². The normalized spacial score (nSPS) is 25.0. The van der Waals surface area contributed by atoms with Gasteiger partial charge in [0.1, 0.15) is 0 Å². The lowest BCUT2D eigenvalue weighted by Gasteiger charge is -2.21. The summed E-state index contributed by atoms with van der Waals surface area (Å²) in [5.74, 6) is 0. The molecule has 1 heterocycles. The van der Waals surface area contributed by atoms with Gasteiger partial charge in [0.15, 0.2) is 0 Å². The van der Waals surface area contributed by atoms with Crippen LogP contribution in [0, 0.1) is 0 Å². The number of hydrogen-bond donors (Lipinski definition) is 2. The number of nitrogens with two attached hydrogens (primary N) is 2. The summed E-state index contributed by atoms with van der Waals surface area (Å²) >= 11 is 0. The van der Waals surface area contributed by atoms with Crippen molar-refractivity contribution in [3.05, 3.63) is 23.0 Å². The lowest BCUT2D eigenvalue weighted by molar-refractivity contribution is 0.611. The fourth-order valence-electron chi connectivity index (χ4n) is 0.537. The van der Waals surface area contributed by atoms with Gasteiger partial charge in [-0.25, -0.2) is 13.6 Å². The van der Waals surface area contributed by atoms with E-state index in [0.29, 0.717) is 0 Å². The second-order valence-corrected chi connectivity index (χ2v) is 7.90. The van der Waals surface area contributed by atoms with Crippen molar-refractivity contribution >= 4 is 18.3 Å². The minimum atomic E-state index is -3.61. The summed E-state index contributed by atoms with van der Waals surface area (Å²) in [5, 5.41) is 13.1. The van der Waals surface area contributed by atoms with E-state index >= 15 is 0 Å². The van der Waals surface area contributed by atoms with Gasteiger partial charge in [-0.1, -0.05) is 12.2 Å². The molecule has 0 aliphatic carbocycles. The lowest BCUT2D eigenvalue weighted by Crippen LogP contribution is -2.23. The number of allylic oxidation sites excluding steroid dienone is 2. The van der Waals surface area contributed by atoms with Gasteiger partial charge >= 0.3 is 0 Å². The van der Waals surface area contributed by atoms with Gasteiger partial charge in [0.05, 0.1) is 0 Å². The van der Waals surface area contributed by atoms with Crippen molar-refractivity contribution in [2.24, 2.45) is 10.3 Å². The predicted molar refractivity (Wildman–Crippen MR) is 43.2 cm³/mol. The summed E-state index contributed by atoms with van der Waals surface area (Å²) in [7, 11) is -5.95. The molecule has 4 N–H and O–H groups in total. The average molecular weight is 180 g/mol. The highest BCUT2D eigenvalue weighted by atomic mass is 33.2. The Morgan fingerprint density at radius 2 is 1.60 bits per heavy atom. The Morgan fingerprint density at radius 3 is 1.80 bits per heavy atom. The predicted octanol–water partition coefficient (Wildman–Crippen LogP) is -0.0908. The van der Waals surface area contributed by atoms with E-state index in [9.17, 15) is 8.42 Å². The minimum Gasteiger partial charge on any atom is -0.275 e. The molecule has 0 spiro atoms. The zero-order valence-corrected chi connectivity index (χ0v) is 6.73. The first-order valence-corrected chi connectivity index (χ1v) is 6.33. The molecule has 0 amide bonds. The van der Waals surface area contributed by atoms with Crippen LogP contribution in [0.25, 0.3) is 0 Å². The second-order valence-electron chi connectivity index (χ2n) is 1.85. The fraction of sp³-hybridized carbons (Fsp3) is 0. The molecule has 0 atom stereocenters. The summed E-state index contributed by atoms with van der Waals surface area (Å²) < 4.78 is 21.5. The molecule has 0 saturated carbocycles. The Balaban J connectivity index is 3.14. The largest absolute Gasteiger partial charge is 0.275 e. The first-order valence-electron chi connectivity index (χ1n) is 2.44. The third-order valence-corrected chi connectivity index (χ3v) is 6.15. The van der Waals surface area contributed by atoms with E-state index in [0.717, 1.165) is 0 Å². The van der Waals surface area contributed by atoms with Gasteiger partial charge in [0, 0.05) is 0 Å². The van der Waals surface area contributed by atoms with Crippen molar-refractivity contribution in [2.45, 2.75) is 0 Å². The van der Waals surface area contributed by atoms with Crippen LogP contribution in [0.2, 0.25) is 0 Å². The van der Waals surface area contributed by atoms with Gasteiger partial charge in [0.25, 0.3) is 9.06 Å². The smallest absolute Gasteiger partial charge is 0.263 e. The molecule has 6 heteroatoms. The Labute approximate surface area is 60.5 Å². The van der Waals surface area contributed by atoms with E-state index < -0.39 is 18.3 Å². The van der Waals surface area contributed by atoms with E-state index in [2.05, 4.69) is 0 Å². The highest BCUT2D eigenvalue weighted by molar-refractivity contribution is 8.91. The monoisotopic (exact) mass is 180 g/mol. The molecular weight excluding hydrogens is 172 g/mol. The van der Waals surface area contributed by atoms with E-state index in [1.807, 2.05) is 0 Å². The molecule has 58 valence electrons. The molecule has 1 aliphatic heterocycles. The Hall–Kier alpha value is -0.300. The Morgan fingerprint density at radius 1 is 1.20 bits per heavy atom. The van der Waals surface area contributed by atoms with E-state index in [-0.39, 0.29) is 0 Å². The quantitative estimate of drug-likeness (QED) is 0.553. The van der Waals surface area contributed by atoms with Crippen molar-refractivity contribution in [1.29, 1.82) is 0 Å². The number of rotatable bonds is 1. The highest BCUT2D eigenvalue weighted by Crippen LogP contribution is 2.50. The highest BCUT2D eigenvalue weighted by Gasteiger charge is 2.26. The van der Waals surface area contributed by atoms with E-state index in [1.54, 1.807) is 12.2 Å². The van der Waals surface area contributed by atoms with Crippen LogP contribution >= 0.6 is 9.25 Å². The average Bonchev–Trinajstić information content (AvgIpc) is 2.13. The molecule has 0 fully saturated rings. The summed E-state index contributed by atoms with van der Waals surface area (Å²) in [6, 6.07) is 0. The molecule has 1 aliphatic rings. The molecule has 0 unspecified atom stereocenters. The van der Waals surface area contributed by atoms with Gasteiger partial charge in [-0.3, -0.25) is 5.14 Å². The standard InChI is InChI=1S/C4H8N2O2S2/c5-9(10(6,7)8)3-1-2-4-9/h1-4H,5H2,(H2,6,7,8). The van der Waals surface area contributed by atoms with Crippen LogP contribution in [0.3, 0.4) is 0 Å². The van der Waals surface area contributed by atoms with Crippen molar-refractivity contribution in [3.8, 4) is 0 Å². The molecular formula is C4H8N2O2S2. The fourth-order valence-corrected chi connectivity index (χ4v) is 2.92. The first-order chi connectivity index (χ1) is 4.46. The van der Waals surface area contributed by atoms with Crippen LogP contribution in [-0.4, -0.2) is 8.42 Å².